The molecule has 5 nitrogen and oxygen atoms in total. The van der Waals surface area contributed by atoms with Crippen LogP contribution >= 0.6 is 0 Å². The van der Waals surface area contributed by atoms with Gasteiger partial charge in [-0.25, -0.2) is 0 Å². The minimum absolute atomic E-state index is 0.0194. The number of carbonyl (C=O) groups is 1. The molecule has 0 radical (unpaired) electrons. The second kappa shape index (κ2) is 7.90. The number of carbonyl (C=O) groups excluding carboxylic acids is 1. The molecule has 0 aliphatic heterocycles. The van der Waals surface area contributed by atoms with Crippen LogP contribution in [-0.4, -0.2) is 49.6 Å². The Balaban J connectivity index is 1.63. The zero-order valence-electron chi connectivity index (χ0n) is 20.7. The summed E-state index contributed by atoms with van der Waals surface area (Å²) in [6.07, 6.45) is 5.84. The average molecular weight is 449 g/mol. The number of allylic oxidation sites excluding steroid dienone is 1. The maximum absolute atomic E-state index is 13.3. The van der Waals surface area contributed by atoms with Gasteiger partial charge in [0.2, 0.25) is 0 Å². The van der Waals surface area contributed by atoms with Crippen LogP contribution in [0.15, 0.2) is 11.1 Å². The first-order valence-electron chi connectivity index (χ1n) is 12.8. The fraction of sp³-hybridized carbons (Fsp3) is 0.889. The summed E-state index contributed by atoms with van der Waals surface area (Å²) in [6, 6.07) is 0. The van der Waals surface area contributed by atoms with Crippen LogP contribution in [-0.2, 0) is 4.79 Å². The van der Waals surface area contributed by atoms with E-state index in [9.17, 15) is 25.2 Å². The molecular formula is C27H44O5. The number of aliphatic hydroxyl groups excluding tert-OH is 2. The lowest BCUT2D eigenvalue weighted by molar-refractivity contribution is -0.135. The van der Waals surface area contributed by atoms with Crippen molar-refractivity contribution in [2.75, 3.05) is 0 Å². The van der Waals surface area contributed by atoms with Crippen LogP contribution in [0.3, 0.4) is 0 Å². The van der Waals surface area contributed by atoms with E-state index in [0.717, 1.165) is 37.7 Å². The third kappa shape index (κ3) is 3.62. The molecule has 0 amide bonds. The number of fused-ring (bicyclic) bond motifs is 4. The van der Waals surface area contributed by atoms with Gasteiger partial charge >= 0.3 is 0 Å². The Labute approximate surface area is 193 Å². The van der Waals surface area contributed by atoms with Crippen molar-refractivity contribution >= 4 is 5.78 Å². The van der Waals surface area contributed by atoms with Gasteiger partial charge in [-0.15, -0.1) is 0 Å². The average Bonchev–Trinajstić information content (AvgIpc) is 2.98. The van der Waals surface area contributed by atoms with E-state index in [4.69, 9.17) is 0 Å². The summed E-state index contributed by atoms with van der Waals surface area (Å²) < 4.78 is 0. The van der Waals surface area contributed by atoms with Gasteiger partial charge in [0.15, 0.2) is 0 Å². The van der Waals surface area contributed by atoms with E-state index in [2.05, 4.69) is 20.8 Å². The van der Waals surface area contributed by atoms with E-state index in [0.29, 0.717) is 32.1 Å². The molecule has 4 rings (SSSR count). The van der Waals surface area contributed by atoms with Gasteiger partial charge in [-0.3, -0.25) is 4.79 Å². The highest BCUT2D eigenvalue weighted by molar-refractivity contribution is 5.87. The van der Waals surface area contributed by atoms with Crippen molar-refractivity contribution in [3.63, 3.8) is 0 Å². The van der Waals surface area contributed by atoms with Crippen molar-refractivity contribution in [2.24, 2.45) is 28.6 Å². The Kier molecular flexibility index (Phi) is 6.02. The summed E-state index contributed by atoms with van der Waals surface area (Å²) in [6.45, 7) is 10.0. The molecule has 0 heterocycles. The molecule has 0 bridgehead atoms. The lowest BCUT2D eigenvalue weighted by atomic mass is 9.49. The van der Waals surface area contributed by atoms with Crippen molar-refractivity contribution < 1.29 is 25.2 Å². The van der Waals surface area contributed by atoms with Crippen LogP contribution in [0.5, 0.6) is 0 Å². The predicted molar refractivity (Wildman–Crippen MR) is 124 cm³/mol. The number of aliphatic hydroxyl groups is 4. The third-order valence-electron chi connectivity index (χ3n) is 10.3. The highest BCUT2D eigenvalue weighted by Gasteiger charge is 2.64. The van der Waals surface area contributed by atoms with Crippen LogP contribution < -0.4 is 0 Å². The van der Waals surface area contributed by atoms with Crippen LogP contribution in [0.2, 0.25) is 0 Å². The van der Waals surface area contributed by atoms with Gasteiger partial charge in [0, 0.05) is 17.8 Å². The van der Waals surface area contributed by atoms with Crippen LogP contribution in [0, 0.1) is 28.6 Å². The second-order valence-electron chi connectivity index (χ2n) is 12.7. The standard InChI is InChI=1S/C27H44O5/c1-16(22(29)9-10-24(2,3)31)18-8-13-27(32)20-15-23(30)21-14-17(28)6-11-25(21,4)19(20)7-12-26(18,27)5/h16-18,21-22,28-29,31-32H,6-15H2,1-5H3/t16-,17-,18+,21-,22+,25+,26+,27+/m0/s1. The summed E-state index contributed by atoms with van der Waals surface area (Å²) >= 11 is 0. The number of Topliss-reactive ketones (excluding diaryl/α,β-unsaturated/α-hetero) is 1. The molecule has 2 saturated carbocycles. The summed E-state index contributed by atoms with van der Waals surface area (Å²) in [4.78, 5) is 13.3. The van der Waals surface area contributed by atoms with Crippen LogP contribution in [0.1, 0.15) is 98.8 Å². The molecular weight excluding hydrogens is 404 g/mol. The molecule has 4 aliphatic carbocycles. The topological polar surface area (TPSA) is 98.0 Å². The van der Waals surface area contributed by atoms with Crippen molar-refractivity contribution in [1.82, 2.24) is 0 Å². The molecule has 32 heavy (non-hydrogen) atoms. The van der Waals surface area contributed by atoms with E-state index in [1.807, 2.05) is 0 Å². The normalized spacial score (nSPS) is 44.0. The van der Waals surface area contributed by atoms with Crippen molar-refractivity contribution in [3.05, 3.63) is 11.1 Å². The SMILES string of the molecule is C[C@H]([C@H](O)CCC(C)(C)O)[C@H]1CC[C@@]2(O)C3=C(CC[C@]12C)[C@@]1(C)CC[C@H](O)C[C@H]1C(=O)C3. The molecule has 0 spiro atoms. The Morgan fingerprint density at radius 3 is 2.47 bits per heavy atom. The number of hydrogen-bond acceptors (Lipinski definition) is 5. The maximum Gasteiger partial charge on any atom is 0.141 e. The van der Waals surface area contributed by atoms with E-state index < -0.39 is 23.4 Å². The molecule has 182 valence electrons. The molecule has 0 aromatic carbocycles. The summed E-state index contributed by atoms with van der Waals surface area (Å²) in [5, 5.41) is 43.4. The van der Waals surface area contributed by atoms with E-state index in [-0.39, 0.29) is 34.4 Å². The summed E-state index contributed by atoms with van der Waals surface area (Å²) in [5.41, 5.74) is -0.116. The summed E-state index contributed by atoms with van der Waals surface area (Å²) in [5.74, 6) is 0.250. The molecule has 2 fully saturated rings. The monoisotopic (exact) mass is 448 g/mol. The Bertz CT molecular complexity index is 796. The fourth-order valence-corrected chi connectivity index (χ4v) is 8.14. The molecule has 4 N–H and O–H groups in total. The zero-order chi connectivity index (χ0) is 23.7. The first-order valence-corrected chi connectivity index (χ1v) is 12.8. The molecule has 5 heteroatoms. The number of ketones is 1. The number of hydrogen-bond donors (Lipinski definition) is 4. The van der Waals surface area contributed by atoms with Gasteiger partial charge in [0.1, 0.15) is 5.78 Å². The largest absolute Gasteiger partial charge is 0.393 e. The van der Waals surface area contributed by atoms with Crippen LogP contribution in [0.25, 0.3) is 0 Å². The third-order valence-corrected chi connectivity index (χ3v) is 10.3. The lowest BCUT2D eigenvalue weighted by Crippen LogP contribution is -2.56. The minimum Gasteiger partial charge on any atom is -0.393 e. The van der Waals surface area contributed by atoms with E-state index in [1.165, 1.54) is 5.57 Å². The Hall–Kier alpha value is -0.750. The Morgan fingerprint density at radius 1 is 1.12 bits per heavy atom. The van der Waals surface area contributed by atoms with Gasteiger partial charge < -0.3 is 20.4 Å². The molecule has 8 atom stereocenters. The fourth-order valence-electron chi connectivity index (χ4n) is 8.14. The Morgan fingerprint density at radius 2 is 1.81 bits per heavy atom. The maximum atomic E-state index is 13.3. The van der Waals surface area contributed by atoms with Gasteiger partial charge in [0.05, 0.1) is 23.4 Å². The second-order valence-corrected chi connectivity index (χ2v) is 12.7. The van der Waals surface area contributed by atoms with Gasteiger partial charge in [-0.2, -0.15) is 0 Å². The quantitative estimate of drug-likeness (QED) is 0.478. The predicted octanol–water partition coefficient (Wildman–Crippen LogP) is 3.91. The van der Waals surface area contributed by atoms with Crippen molar-refractivity contribution in [3.8, 4) is 0 Å². The van der Waals surface area contributed by atoms with Gasteiger partial charge in [0.25, 0.3) is 0 Å². The van der Waals surface area contributed by atoms with Crippen molar-refractivity contribution in [1.29, 1.82) is 0 Å². The van der Waals surface area contributed by atoms with E-state index >= 15 is 0 Å². The van der Waals surface area contributed by atoms with Gasteiger partial charge in [-0.05, 0) is 94.5 Å². The molecule has 4 aliphatic rings. The van der Waals surface area contributed by atoms with Crippen molar-refractivity contribution in [2.45, 2.75) is 122 Å². The smallest absolute Gasteiger partial charge is 0.141 e. The molecule has 0 aromatic heterocycles. The lowest BCUT2D eigenvalue weighted by Gasteiger charge is -2.57. The molecule has 0 saturated heterocycles. The number of rotatable bonds is 5. The summed E-state index contributed by atoms with van der Waals surface area (Å²) in [7, 11) is 0. The van der Waals surface area contributed by atoms with E-state index in [1.54, 1.807) is 13.8 Å². The highest BCUT2D eigenvalue weighted by Crippen LogP contribution is 2.67. The first kappa shape index (κ1) is 24.4. The highest BCUT2D eigenvalue weighted by atomic mass is 16.3. The zero-order valence-corrected chi connectivity index (χ0v) is 20.7. The minimum atomic E-state index is -0.991. The molecule has 0 aromatic rings. The van der Waals surface area contributed by atoms with Gasteiger partial charge in [-0.1, -0.05) is 26.3 Å². The first-order chi connectivity index (χ1) is 14.7. The van der Waals surface area contributed by atoms with Crippen LogP contribution in [0.4, 0.5) is 0 Å². The molecule has 0 unspecified atom stereocenters.